The Balaban J connectivity index is 2.05. The van der Waals surface area contributed by atoms with E-state index in [4.69, 9.17) is 0 Å². The first-order valence-corrected chi connectivity index (χ1v) is 7.54. The van der Waals surface area contributed by atoms with Crippen LogP contribution in [0.3, 0.4) is 0 Å². The largest absolute Gasteiger partial charge is 0.479 e. The van der Waals surface area contributed by atoms with Crippen LogP contribution in [0, 0.1) is 0 Å². The molecule has 1 aromatic carbocycles. The van der Waals surface area contributed by atoms with Gasteiger partial charge in [-0.2, -0.15) is 0 Å². The van der Waals surface area contributed by atoms with Gasteiger partial charge in [0.25, 0.3) is 0 Å². The Morgan fingerprint density at radius 3 is 2.90 bits per heavy atom. The molecule has 0 spiro atoms. The molecule has 1 N–H and O–H groups in total. The van der Waals surface area contributed by atoms with Crippen LogP contribution in [0.25, 0.3) is 10.9 Å². The summed E-state index contributed by atoms with van der Waals surface area (Å²) in [5, 5.41) is 10.9. The number of rotatable bonds is 4. The first-order chi connectivity index (χ1) is 10.2. The van der Waals surface area contributed by atoms with Crippen molar-refractivity contribution < 1.29 is 9.90 Å². The molecule has 1 saturated heterocycles. The van der Waals surface area contributed by atoms with Crippen LogP contribution in [0.4, 0.5) is 5.82 Å². The van der Waals surface area contributed by atoms with Crippen molar-refractivity contribution in [1.82, 2.24) is 4.98 Å². The number of nitrogens with zero attached hydrogens (tertiary/aromatic N) is 2. The van der Waals surface area contributed by atoms with Crippen molar-refractivity contribution in [3.8, 4) is 0 Å². The average molecular weight is 284 g/mol. The molecule has 110 valence electrons. The average Bonchev–Trinajstić information content (AvgIpc) is 2.92. The molecular formula is C17H20N2O2. The van der Waals surface area contributed by atoms with Crippen LogP contribution in [0.2, 0.25) is 0 Å². The molecule has 0 bridgehead atoms. The van der Waals surface area contributed by atoms with Gasteiger partial charge < -0.3 is 10.0 Å². The summed E-state index contributed by atoms with van der Waals surface area (Å²) in [7, 11) is 0. The minimum absolute atomic E-state index is 0.664. The molecular weight excluding hydrogens is 264 g/mol. The molecule has 4 heteroatoms. The highest BCUT2D eigenvalue weighted by molar-refractivity contribution is 5.86. The van der Waals surface area contributed by atoms with Crippen LogP contribution >= 0.6 is 0 Å². The number of carboxylic acids is 1. The molecule has 1 aliphatic rings. The third-order valence-corrected chi connectivity index (χ3v) is 4.41. The number of aromatic nitrogens is 1. The van der Waals surface area contributed by atoms with Crippen molar-refractivity contribution in [3.63, 3.8) is 0 Å². The van der Waals surface area contributed by atoms with Gasteiger partial charge in [-0.25, -0.2) is 9.78 Å². The number of anilines is 1. The number of hydrogen-bond acceptors (Lipinski definition) is 3. The number of aliphatic carboxylic acids is 1. The van der Waals surface area contributed by atoms with Crippen molar-refractivity contribution in [2.45, 2.75) is 38.1 Å². The highest BCUT2D eigenvalue weighted by Crippen LogP contribution is 2.37. The lowest BCUT2D eigenvalue weighted by Crippen LogP contribution is -2.51. The van der Waals surface area contributed by atoms with E-state index >= 15 is 0 Å². The number of benzene rings is 1. The fourth-order valence-electron chi connectivity index (χ4n) is 3.42. The van der Waals surface area contributed by atoms with Gasteiger partial charge >= 0.3 is 5.97 Å². The van der Waals surface area contributed by atoms with Crippen molar-refractivity contribution in [3.05, 3.63) is 36.4 Å². The molecule has 0 aliphatic carbocycles. The molecule has 0 amide bonds. The van der Waals surface area contributed by atoms with E-state index in [9.17, 15) is 9.90 Å². The first kappa shape index (κ1) is 13.9. The minimum atomic E-state index is -0.787. The minimum Gasteiger partial charge on any atom is -0.479 e. The topological polar surface area (TPSA) is 53.4 Å². The Morgan fingerprint density at radius 2 is 2.14 bits per heavy atom. The van der Waals surface area contributed by atoms with E-state index in [0.29, 0.717) is 12.8 Å². The van der Waals surface area contributed by atoms with E-state index in [0.717, 1.165) is 36.1 Å². The summed E-state index contributed by atoms with van der Waals surface area (Å²) in [4.78, 5) is 18.6. The second kappa shape index (κ2) is 5.35. The smallest absolute Gasteiger partial charge is 0.329 e. The molecule has 0 saturated carbocycles. The molecule has 1 unspecified atom stereocenters. The maximum absolute atomic E-state index is 11.9. The van der Waals surface area contributed by atoms with Crippen LogP contribution < -0.4 is 4.90 Å². The van der Waals surface area contributed by atoms with Gasteiger partial charge in [0.15, 0.2) is 0 Å². The van der Waals surface area contributed by atoms with Gasteiger partial charge in [0, 0.05) is 11.9 Å². The van der Waals surface area contributed by atoms with Gasteiger partial charge in [-0.1, -0.05) is 31.5 Å². The summed E-state index contributed by atoms with van der Waals surface area (Å²) >= 11 is 0. The number of para-hydroxylation sites is 1. The van der Waals surface area contributed by atoms with E-state index in [2.05, 4.69) is 4.98 Å². The van der Waals surface area contributed by atoms with Crippen molar-refractivity contribution in [2.24, 2.45) is 0 Å². The molecule has 21 heavy (non-hydrogen) atoms. The summed E-state index contributed by atoms with van der Waals surface area (Å²) in [5.74, 6) is 0.0545. The third-order valence-electron chi connectivity index (χ3n) is 4.41. The lowest BCUT2D eigenvalue weighted by atomic mass is 9.90. The van der Waals surface area contributed by atoms with Crippen molar-refractivity contribution >= 4 is 22.7 Å². The molecule has 4 nitrogen and oxygen atoms in total. The van der Waals surface area contributed by atoms with E-state index in [-0.39, 0.29) is 0 Å². The normalized spacial score (nSPS) is 21.9. The van der Waals surface area contributed by atoms with Gasteiger partial charge in [0.2, 0.25) is 0 Å². The maximum atomic E-state index is 11.9. The Morgan fingerprint density at radius 1 is 1.33 bits per heavy atom. The monoisotopic (exact) mass is 284 g/mol. The molecule has 2 aromatic rings. The quantitative estimate of drug-likeness (QED) is 0.934. The summed E-state index contributed by atoms with van der Waals surface area (Å²) in [6, 6.07) is 11.9. The van der Waals surface area contributed by atoms with Gasteiger partial charge in [-0.15, -0.1) is 0 Å². The van der Waals surface area contributed by atoms with Crippen LogP contribution in [-0.2, 0) is 4.79 Å². The van der Waals surface area contributed by atoms with E-state index in [1.165, 1.54) is 0 Å². The number of carboxylic acid groups (broad SMARTS) is 1. The Hall–Kier alpha value is -2.10. The van der Waals surface area contributed by atoms with Crippen LogP contribution in [0.5, 0.6) is 0 Å². The summed E-state index contributed by atoms with van der Waals surface area (Å²) in [6.45, 7) is 2.80. The van der Waals surface area contributed by atoms with Crippen LogP contribution in [-0.4, -0.2) is 28.1 Å². The van der Waals surface area contributed by atoms with Gasteiger partial charge in [-0.05, 0) is 37.5 Å². The predicted molar refractivity (Wildman–Crippen MR) is 83.6 cm³/mol. The molecule has 3 rings (SSSR count). The molecule has 0 radical (unpaired) electrons. The number of fused-ring (bicyclic) bond motifs is 1. The zero-order valence-electron chi connectivity index (χ0n) is 12.2. The van der Waals surface area contributed by atoms with E-state index in [1.807, 2.05) is 48.2 Å². The lowest BCUT2D eigenvalue weighted by molar-refractivity contribution is -0.143. The zero-order valence-corrected chi connectivity index (χ0v) is 12.2. The lowest BCUT2D eigenvalue weighted by Gasteiger charge is -2.35. The fraction of sp³-hybridized carbons (Fsp3) is 0.412. The molecule has 1 atom stereocenters. The first-order valence-electron chi connectivity index (χ1n) is 7.54. The number of pyridine rings is 1. The maximum Gasteiger partial charge on any atom is 0.329 e. The highest BCUT2D eigenvalue weighted by Gasteiger charge is 2.47. The summed E-state index contributed by atoms with van der Waals surface area (Å²) in [6.07, 6.45) is 3.12. The third kappa shape index (κ3) is 2.24. The van der Waals surface area contributed by atoms with Crippen LogP contribution in [0.15, 0.2) is 36.4 Å². The standard InChI is InChI=1S/C17H20N2O2/c1-2-10-17(16(20)21)11-5-12-19(17)15-9-8-13-6-3-4-7-14(13)18-15/h3-4,6-9H,2,5,10-12H2,1H3,(H,20,21). The van der Waals surface area contributed by atoms with Crippen molar-refractivity contribution in [1.29, 1.82) is 0 Å². The molecule has 1 fully saturated rings. The van der Waals surface area contributed by atoms with E-state index < -0.39 is 11.5 Å². The van der Waals surface area contributed by atoms with Gasteiger partial charge in [0.05, 0.1) is 5.52 Å². The van der Waals surface area contributed by atoms with E-state index in [1.54, 1.807) is 0 Å². The second-order valence-corrected chi connectivity index (χ2v) is 5.70. The highest BCUT2D eigenvalue weighted by atomic mass is 16.4. The van der Waals surface area contributed by atoms with Gasteiger partial charge in [-0.3, -0.25) is 0 Å². The van der Waals surface area contributed by atoms with Crippen LogP contribution in [0.1, 0.15) is 32.6 Å². The predicted octanol–water partition coefficient (Wildman–Crippen LogP) is 3.46. The molecule has 1 aromatic heterocycles. The SMILES string of the molecule is CCCC1(C(=O)O)CCCN1c1ccc2ccccc2n1. The Labute approximate surface area is 124 Å². The Kier molecular flexibility index (Phi) is 3.53. The number of carbonyl (C=O) groups is 1. The zero-order chi connectivity index (χ0) is 14.9. The number of hydrogen-bond donors (Lipinski definition) is 1. The molecule has 2 heterocycles. The Bertz CT molecular complexity index is 671. The van der Waals surface area contributed by atoms with Gasteiger partial charge in [0.1, 0.15) is 11.4 Å². The molecule has 1 aliphatic heterocycles. The second-order valence-electron chi connectivity index (χ2n) is 5.70. The summed E-state index contributed by atoms with van der Waals surface area (Å²) in [5.41, 5.74) is 0.127. The summed E-state index contributed by atoms with van der Waals surface area (Å²) < 4.78 is 0. The van der Waals surface area contributed by atoms with Crippen molar-refractivity contribution in [2.75, 3.05) is 11.4 Å². The fourth-order valence-corrected chi connectivity index (χ4v) is 3.42.